The zero-order valence-electron chi connectivity index (χ0n) is 8.37. The summed E-state index contributed by atoms with van der Waals surface area (Å²) in [6.07, 6.45) is 13.6. The van der Waals surface area contributed by atoms with E-state index in [9.17, 15) is 0 Å². The Morgan fingerprint density at radius 3 is 2.64 bits per heavy atom. The van der Waals surface area contributed by atoms with Gasteiger partial charge in [-0.25, -0.2) is 0 Å². The monoisotopic (exact) mass is 192 g/mol. The molecule has 2 rings (SSSR count). The van der Waals surface area contributed by atoms with Crippen molar-refractivity contribution in [1.82, 2.24) is 0 Å². The van der Waals surface area contributed by atoms with Gasteiger partial charge in [0.2, 0.25) is 0 Å². The molecule has 1 saturated heterocycles. The molecular weight excluding hydrogens is 176 g/mol. The summed E-state index contributed by atoms with van der Waals surface area (Å²) in [5.41, 5.74) is 0. The van der Waals surface area contributed by atoms with Crippen LogP contribution in [0, 0.1) is 18.3 Å². The molecule has 0 bridgehead atoms. The van der Waals surface area contributed by atoms with Crippen LogP contribution in [0.1, 0.15) is 25.7 Å². The first-order chi connectivity index (χ1) is 6.85. The topological polar surface area (TPSA) is 18.5 Å². The lowest BCUT2D eigenvalue weighted by Gasteiger charge is -2.22. The fourth-order valence-electron chi connectivity index (χ4n) is 1.61. The molecule has 1 heterocycles. The minimum absolute atomic E-state index is 0.505. The van der Waals surface area contributed by atoms with Crippen LogP contribution in [0.4, 0.5) is 0 Å². The predicted octanol–water partition coefficient (Wildman–Crippen LogP) is 2.11. The Morgan fingerprint density at radius 1 is 1.36 bits per heavy atom. The van der Waals surface area contributed by atoms with Crippen molar-refractivity contribution in [2.45, 2.75) is 31.5 Å². The van der Waals surface area contributed by atoms with Crippen LogP contribution in [0.3, 0.4) is 0 Å². The third kappa shape index (κ3) is 2.37. The molecule has 0 radical (unpaired) electrons. The summed E-state index contributed by atoms with van der Waals surface area (Å²) in [5, 5.41) is 0. The van der Waals surface area contributed by atoms with E-state index in [0.717, 1.165) is 12.3 Å². The van der Waals surface area contributed by atoms with E-state index >= 15 is 0 Å². The Balaban J connectivity index is 1.94. The Labute approximate surface area is 85.3 Å². The SMILES string of the molecule is C#CCCC1(/C=C/C2CC2)OCCO1. The molecule has 2 aliphatic rings. The number of ether oxygens (including phenoxy) is 2. The first-order valence-electron chi connectivity index (χ1n) is 5.25. The summed E-state index contributed by atoms with van der Waals surface area (Å²) >= 11 is 0. The summed E-state index contributed by atoms with van der Waals surface area (Å²) in [6.45, 7) is 1.36. The maximum absolute atomic E-state index is 5.62. The fourth-order valence-corrected chi connectivity index (χ4v) is 1.61. The number of terminal acetylenes is 1. The molecule has 0 N–H and O–H groups in total. The van der Waals surface area contributed by atoms with Crippen molar-refractivity contribution in [3.8, 4) is 12.3 Å². The van der Waals surface area contributed by atoms with Crippen LogP contribution >= 0.6 is 0 Å². The van der Waals surface area contributed by atoms with E-state index in [1.165, 1.54) is 12.8 Å². The van der Waals surface area contributed by atoms with Gasteiger partial charge in [-0.15, -0.1) is 12.3 Å². The number of rotatable bonds is 4. The molecule has 0 atom stereocenters. The predicted molar refractivity (Wildman–Crippen MR) is 54.6 cm³/mol. The minimum atomic E-state index is -0.505. The molecule has 2 nitrogen and oxygen atoms in total. The van der Waals surface area contributed by atoms with E-state index in [1.807, 2.05) is 0 Å². The first-order valence-corrected chi connectivity index (χ1v) is 5.25. The lowest BCUT2D eigenvalue weighted by molar-refractivity contribution is -0.120. The Hall–Kier alpha value is -0.780. The van der Waals surface area contributed by atoms with Crippen LogP contribution in [0.5, 0.6) is 0 Å². The third-order valence-electron chi connectivity index (χ3n) is 2.64. The van der Waals surface area contributed by atoms with E-state index in [-0.39, 0.29) is 0 Å². The normalized spacial score (nSPS) is 25.4. The third-order valence-corrected chi connectivity index (χ3v) is 2.64. The number of hydrogen-bond donors (Lipinski definition) is 0. The van der Waals surface area contributed by atoms with Gasteiger partial charge in [0.1, 0.15) is 0 Å². The van der Waals surface area contributed by atoms with Gasteiger partial charge in [-0.1, -0.05) is 6.08 Å². The Kier molecular flexibility index (Phi) is 2.90. The van der Waals surface area contributed by atoms with Crippen molar-refractivity contribution >= 4 is 0 Å². The van der Waals surface area contributed by atoms with Crippen molar-refractivity contribution in [1.29, 1.82) is 0 Å². The molecule has 0 aromatic rings. The van der Waals surface area contributed by atoms with Crippen LogP contribution < -0.4 is 0 Å². The highest BCUT2D eigenvalue weighted by Gasteiger charge is 2.33. The van der Waals surface area contributed by atoms with Crippen LogP contribution in [0.2, 0.25) is 0 Å². The van der Waals surface area contributed by atoms with Gasteiger partial charge >= 0.3 is 0 Å². The van der Waals surface area contributed by atoms with E-state index in [1.54, 1.807) is 0 Å². The van der Waals surface area contributed by atoms with Crippen LogP contribution in [-0.2, 0) is 9.47 Å². The highest BCUT2D eigenvalue weighted by atomic mass is 16.7. The standard InChI is InChI=1S/C12H16O2/c1-2-3-7-12(13-9-10-14-12)8-6-11-4-5-11/h1,6,8,11H,3-5,7,9-10H2/b8-6+. The second kappa shape index (κ2) is 4.16. The van der Waals surface area contributed by atoms with Crippen LogP contribution in [0.15, 0.2) is 12.2 Å². The number of hydrogen-bond acceptors (Lipinski definition) is 2. The molecule has 1 aliphatic heterocycles. The van der Waals surface area contributed by atoms with Gasteiger partial charge in [0.05, 0.1) is 13.2 Å². The Bertz CT molecular complexity index is 252. The van der Waals surface area contributed by atoms with Crippen LogP contribution in [-0.4, -0.2) is 19.0 Å². The van der Waals surface area contributed by atoms with E-state index in [4.69, 9.17) is 15.9 Å². The molecule has 1 saturated carbocycles. The van der Waals surface area contributed by atoms with Gasteiger partial charge in [-0.05, 0) is 24.8 Å². The summed E-state index contributed by atoms with van der Waals surface area (Å²) in [4.78, 5) is 0. The Morgan fingerprint density at radius 2 is 2.07 bits per heavy atom. The van der Waals surface area contributed by atoms with Crippen molar-refractivity contribution in [2.24, 2.45) is 5.92 Å². The van der Waals surface area contributed by atoms with E-state index in [0.29, 0.717) is 19.6 Å². The summed E-state index contributed by atoms with van der Waals surface area (Å²) in [6, 6.07) is 0. The molecule has 1 aliphatic carbocycles. The molecule has 76 valence electrons. The molecule has 0 aromatic carbocycles. The quantitative estimate of drug-likeness (QED) is 0.501. The fraction of sp³-hybridized carbons (Fsp3) is 0.667. The van der Waals surface area contributed by atoms with Gasteiger partial charge < -0.3 is 9.47 Å². The lowest BCUT2D eigenvalue weighted by atomic mass is 10.1. The molecule has 2 fully saturated rings. The van der Waals surface area contributed by atoms with Gasteiger partial charge in [-0.3, -0.25) is 0 Å². The molecule has 0 amide bonds. The molecule has 0 aromatic heterocycles. The average molecular weight is 192 g/mol. The largest absolute Gasteiger partial charge is 0.344 e. The summed E-state index contributed by atoms with van der Waals surface area (Å²) < 4.78 is 11.2. The first kappa shape index (κ1) is 9.76. The second-order valence-corrected chi connectivity index (χ2v) is 3.91. The maximum atomic E-state index is 5.62. The van der Waals surface area contributed by atoms with Crippen molar-refractivity contribution < 1.29 is 9.47 Å². The minimum Gasteiger partial charge on any atom is -0.344 e. The van der Waals surface area contributed by atoms with Crippen molar-refractivity contribution in [3.63, 3.8) is 0 Å². The van der Waals surface area contributed by atoms with Gasteiger partial charge in [0.25, 0.3) is 0 Å². The highest BCUT2D eigenvalue weighted by molar-refractivity contribution is 5.05. The van der Waals surface area contributed by atoms with E-state index in [2.05, 4.69) is 18.1 Å². The maximum Gasteiger partial charge on any atom is 0.188 e. The van der Waals surface area contributed by atoms with Gasteiger partial charge in [0, 0.05) is 12.8 Å². The van der Waals surface area contributed by atoms with Gasteiger partial charge in [0.15, 0.2) is 5.79 Å². The zero-order chi connectivity index (χ0) is 9.86. The van der Waals surface area contributed by atoms with Crippen molar-refractivity contribution in [3.05, 3.63) is 12.2 Å². The second-order valence-electron chi connectivity index (χ2n) is 3.91. The van der Waals surface area contributed by atoms with E-state index < -0.39 is 5.79 Å². The smallest absolute Gasteiger partial charge is 0.188 e. The molecular formula is C12H16O2. The van der Waals surface area contributed by atoms with Gasteiger partial charge in [-0.2, -0.15) is 0 Å². The molecule has 2 heteroatoms. The average Bonchev–Trinajstić information content (AvgIpc) is 2.93. The summed E-state index contributed by atoms with van der Waals surface area (Å²) in [5.74, 6) is 2.88. The highest BCUT2D eigenvalue weighted by Crippen LogP contribution is 2.33. The molecule has 14 heavy (non-hydrogen) atoms. The number of allylic oxidation sites excluding steroid dienone is 1. The summed E-state index contributed by atoms with van der Waals surface area (Å²) in [7, 11) is 0. The molecule has 0 unspecified atom stereocenters. The zero-order valence-corrected chi connectivity index (χ0v) is 8.37. The molecule has 0 spiro atoms. The lowest BCUT2D eigenvalue weighted by Crippen LogP contribution is -2.27. The van der Waals surface area contributed by atoms with Crippen LogP contribution in [0.25, 0.3) is 0 Å². The van der Waals surface area contributed by atoms with Crippen molar-refractivity contribution in [2.75, 3.05) is 13.2 Å².